The SMILES string of the molecule is CCC1CCN2c3nc(OC)ccc3NC(=O)C2C1. The van der Waals surface area contributed by atoms with Crippen LogP contribution in [0.25, 0.3) is 0 Å². The van der Waals surface area contributed by atoms with Gasteiger partial charge in [0.05, 0.1) is 12.8 Å². The van der Waals surface area contributed by atoms with Crippen molar-refractivity contribution in [3.8, 4) is 5.88 Å². The van der Waals surface area contributed by atoms with E-state index in [0.717, 1.165) is 37.3 Å². The van der Waals surface area contributed by atoms with Gasteiger partial charge in [0, 0.05) is 12.6 Å². The number of piperidine rings is 1. The van der Waals surface area contributed by atoms with Crippen LogP contribution in [0.1, 0.15) is 26.2 Å². The Kier molecular flexibility index (Phi) is 3.05. The molecule has 0 bridgehead atoms. The number of aromatic nitrogens is 1. The van der Waals surface area contributed by atoms with Gasteiger partial charge in [0.25, 0.3) is 0 Å². The fraction of sp³-hybridized carbons (Fsp3) is 0.571. The second kappa shape index (κ2) is 4.72. The summed E-state index contributed by atoms with van der Waals surface area (Å²) in [6.45, 7) is 3.08. The van der Waals surface area contributed by atoms with Crippen molar-refractivity contribution in [1.82, 2.24) is 4.98 Å². The number of hydrogen-bond donors (Lipinski definition) is 1. The molecule has 2 unspecified atom stereocenters. The van der Waals surface area contributed by atoms with E-state index in [1.807, 2.05) is 6.07 Å². The van der Waals surface area contributed by atoms with Crippen LogP contribution in [0.2, 0.25) is 0 Å². The Labute approximate surface area is 113 Å². The number of amides is 1. The standard InChI is InChI=1S/C14H19N3O2/c1-3-9-6-7-17-11(8-9)14(18)15-10-4-5-12(19-2)16-13(10)17/h4-5,9,11H,3,6-8H2,1-2H3,(H,15,18). The van der Waals surface area contributed by atoms with E-state index >= 15 is 0 Å². The van der Waals surface area contributed by atoms with Gasteiger partial charge in [0.15, 0.2) is 5.82 Å². The fourth-order valence-corrected chi connectivity index (χ4v) is 2.99. The first-order chi connectivity index (χ1) is 9.22. The number of methoxy groups -OCH3 is 1. The van der Waals surface area contributed by atoms with Gasteiger partial charge in [-0.3, -0.25) is 4.79 Å². The smallest absolute Gasteiger partial charge is 0.247 e. The summed E-state index contributed by atoms with van der Waals surface area (Å²) in [5.41, 5.74) is 0.789. The lowest BCUT2D eigenvalue weighted by Gasteiger charge is -2.42. The van der Waals surface area contributed by atoms with Crippen LogP contribution in [0.4, 0.5) is 11.5 Å². The van der Waals surface area contributed by atoms with Crippen LogP contribution in [0, 0.1) is 5.92 Å². The van der Waals surface area contributed by atoms with Crippen LogP contribution < -0.4 is 15.0 Å². The molecule has 3 heterocycles. The molecule has 0 radical (unpaired) electrons. The highest BCUT2D eigenvalue weighted by Crippen LogP contribution is 2.37. The van der Waals surface area contributed by atoms with E-state index in [9.17, 15) is 4.79 Å². The maximum atomic E-state index is 12.2. The molecular weight excluding hydrogens is 242 g/mol. The highest BCUT2D eigenvalue weighted by Gasteiger charge is 2.38. The molecule has 1 saturated heterocycles. The Hall–Kier alpha value is -1.78. The van der Waals surface area contributed by atoms with Crippen molar-refractivity contribution in [2.75, 3.05) is 23.9 Å². The minimum absolute atomic E-state index is 0.0780. The minimum Gasteiger partial charge on any atom is -0.481 e. The lowest BCUT2D eigenvalue weighted by Crippen LogP contribution is -2.52. The summed E-state index contributed by atoms with van der Waals surface area (Å²) < 4.78 is 5.18. The van der Waals surface area contributed by atoms with Crippen LogP contribution in [0.5, 0.6) is 5.88 Å². The molecule has 5 heteroatoms. The number of pyridine rings is 1. The third-order valence-electron chi connectivity index (χ3n) is 4.18. The predicted molar refractivity (Wildman–Crippen MR) is 73.6 cm³/mol. The average molecular weight is 261 g/mol. The highest BCUT2D eigenvalue weighted by molar-refractivity contribution is 6.02. The Bertz CT molecular complexity index is 503. The zero-order valence-corrected chi connectivity index (χ0v) is 11.3. The Morgan fingerprint density at radius 2 is 2.37 bits per heavy atom. The Morgan fingerprint density at radius 3 is 3.11 bits per heavy atom. The van der Waals surface area contributed by atoms with Gasteiger partial charge in [0.2, 0.25) is 11.8 Å². The molecule has 0 saturated carbocycles. The molecule has 0 aliphatic carbocycles. The molecule has 2 aliphatic heterocycles. The number of hydrogen-bond acceptors (Lipinski definition) is 4. The molecule has 1 N–H and O–H groups in total. The molecule has 0 spiro atoms. The zero-order chi connectivity index (χ0) is 13.4. The van der Waals surface area contributed by atoms with Gasteiger partial charge in [-0.1, -0.05) is 13.3 Å². The van der Waals surface area contributed by atoms with Crippen molar-refractivity contribution in [3.05, 3.63) is 12.1 Å². The molecule has 1 aromatic rings. The van der Waals surface area contributed by atoms with Gasteiger partial charge in [-0.25, -0.2) is 0 Å². The number of carbonyl (C=O) groups is 1. The van der Waals surface area contributed by atoms with E-state index in [4.69, 9.17) is 4.74 Å². The van der Waals surface area contributed by atoms with Gasteiger partial charge in [0.1, 0.15) is 6.04 Å². The summed E-state index contributed by atoms with van der Waals surface area (Å²) >= 11 is 0. The van der Waals surface area contributed by atoms with Crippen LogP contribution in [0.15, 0.2) is 12.1 Å². The van der Waals surface area contributed by atoms with Crippen LogP contribution in [0.3, 0.4) is 0 Å². The van der Waals surface area contributed by atoms with Crippen molar-refractivity contribution in [2.24, 2.45) is 5.92 Å². The molecule has 102 valence electrons. The Morgan fingerprint density at radius 1 is 1.53 bits per heavy atom. The summed E-state index contributed by atoms with van der Waals surface area (Å²) in [5.74, 6) is 2.17. The zero-order valence-electron chi connectivity index (χ0n) is 11.3. The van der Waals surface area contributed by atoms with E-state index in [2.05, 4.69) is 22.1 Å². The highest BCUT2D eigenvalue weighted by atomic mass is 16.5. The second-order valence-corrected chi connectivity index (χ2v) is 5.22. The number of ether oxygens (including phenoxy) is 1. The first-order valence-electron chi connectivity index (χ1n) is 6.85. The number of fused-ring (bicyclic) bond motifs is 3. The first-order valence-corrected chi connectivity index (χ1v) is 6.85. The van der Waals surface area contributed by atoms with Gasteiger partial charge < -0.3 is 15.0 Å². The maximum absolute atomic E-state index is 12.2. The molecule has 2 atom stereocenters. The van der Waals surface area contributed by atoms with E-state index in [0.29, 0.717) is 11.8 Å². The predicted octanol–water partition coefficient (Wildman–Crippen LogP) is 2.04. The lowest BCUT2D eigenvalue weighted by atomic mass is 9.87. The number of nitrogens with zero attached hydrogens (tertiary/aromatic N) is 2. The normalized spacial score (nSPS) is 25.4. The summed E-state index contributed by atoms with van der Waals surface area (Å²) in [5, 5.41) is 2.96. The van der Waals surface area contributed by atoms with Gasteiger partial charge in [-0.15, -0.1) is 0 Å². The van der Waals surface area contributed by atoms with Crippen molar-refractivity contribution in [3.63, 3.8) is 0 Å². The molecule has 5 nitrogen and oxygen atoms in total. The van der Waals surface area contributed by atoms with Crippen molar-refractivity contribution >= 4 is 17.4 Å². The summed E-state index contributed by atoms with van der Waals surface area (Å²) in [7, 11) is 1.61. The monoisotopic (exact) mass is 261 g/mol. The maximum Gasteiger partial charge on any atom is 0.247 e. The molecule has 1 fully saturated rings. The molecule has 0 aromatic carbocycles. The van der Waals surface area contributed by atoms with Crippen molar-refractivity contribution in [2.45, 2.75) is 32.2 Å². The molecule has 1 aromatic heterocycles. The quantitative estimate of drug-likeness (QED) is 0.885. The number of carbonyl (C=O) groups excluding carboxylic acids is 1. The van der Waals surface area contributed by atoms with Crippen LogP contribution in [-0.4, -0.2) is 30.6 Å². The third kappa shape index (κ3) is 2.03. The first kappa shape index (κ1) is 12.3. The van der Waals surface area contributed by atoms with Gasteiger partial charge >= 0.3 is 0 Å². The molecular formula is C14H19N3O2. The molecule has 19 heavy (non-hydrogen) atoms. The van der Waals surface area contributed by atoms with E-state index < -0.39 is 0 Å². The van der Waals surface area contributed by atoms with E-state index in [1.165, 1.54) is 0 Å². The number of rotatable bonds is 2. The van der Waals surface area contributed by atoms with E-state index in [-0.39, 0.29) is 11.9 Å². The van der Waals surface area contributed by atoms with E-state index in [1.54, 1.807) is 13.2 Å². The second-order valence-electron chi connectivity index (χ2n) is 5.22. The van der Waals surface area contributed by atoms with Crippen LogP contribution in [-0.2, 0) is 4.79 Å². The van der Waals surface area contributed by atoms with Gasteiger partial charge in [-0.2, -0.15) is 4.98 Å². The fourth-order valence-electron chi connectivity index (χ4n) is 2.99. The minimum atomic E-state index is -0.0780. The van der Waals surface area contributed by atoms with Crippen LogP contribution >= 0.6 is 0 Å². The number of nitrogens with one attached hydrogen (secondary N) is 1. The van der Waals surface area contributed by atoms with Crippen molar-refractivity contribution in [1.29, 1.82) is 0 Å². The molecule has 3 rings (SSSR count). The third-order valence-corrected chi connectivity index (χ3v) is 4.18. The summed E-state index contributed by atoms with van der Waals surface area (Å²) in [6, 6.07) is 3.56. The van der Waals surface area contributed by atoms with Gasteiger partial charge in [-0.05, 0) is 24.8 Å². The largest absolute Gasteiger partial charge is 0.481 e. The lowest BCUT2D eigenvalue weighted by molar-refractivity contribution is -0.118. The summed E-state index contributed by atoms with van der Waals surface area (Å²) in [4.78, 5) is 18.8. The van der Waals surface area contributed by atoms with Crippen molar-refractivity contribution < 1.29 is 9.53 Å². The number of anilines is 2. The Balaban J connectivity index is 1.95. The molecule has 1 amide bonds. The molecule has 2 aliphatic rings. The average Bonchev–Trinajstić information content (AvgIpc) is 2.46. The topological polar surface area (TPSA) is 54.5 Å². The summed E-state index contributed by atoms with van der Waals surface area (Å²) in [6.07, 6.45) is 3.18.